The number of hydrogen-bond acceptors (Lipinski definition) is 1. The van der Waals surface area contributed by atoms with Crippen LogP contribution >= 0.6 is 0 Å². The summed E-state index contributed by atoms with van der Waals surface area (Å²) in [5, 5.41) is 10.0. The van der Waals surface area contributed by atoms with Gasteiger partial charge in [-0.1, -0.05) is 66.7 Å². The highest BCUT2D eigenvalue weighted by Crippen LogP contribution is 2.66. The lowest BCUT2D eigenvalue weighted by Crippen LogP contribution is -2.53. The van der Waals surface area contributed by atoms with Gasteiger partial charge in [0.2, 0.25) is 0 Å². The minimum Gasteiger partial charge on any atom is -0.393 e. The lowest BCUT2D eigenvalue weighted by atomic mass is 9.45. The molecular weight excluding hydrogens is 340 g/mol. The van der Waals surface area contributed by atoms with Crippen LogP contribution in [-0.2, 0) is 0 Å². The first-order chi connectivity index (χ1) is 13.3. The van der Waals surface area contributed by atoms with E-state index >= 15 is 0 Å². The summed E-state index contributed by atoms with van der Waals surface area (Å²) >= 11 is 0. The first-order valence-electron chi connectivity index (χ1n) is 13.0. The molecule has 4 fully saturated rings. The summed E-state index contributed by atoms with van der Waals surface area (Å²) in [5.41, 5.74) is 1.25. The molecule has 4 aliphatic carbocycles. The Labute approximate surface area is 176 Å². The Hall–Kier alpha value is -0.0400. The zero-order valence-corrected chi connectivity index (χ0v) is 19.8. The standard InChI is InChI=1S/C19H32O.C8H18/c1-18-9-3-4-16(18)15-6-5-13-12-14(20)7-11-19(13,2)17(15)8-10-18;1-4-5-6-7-8(2)3/h13-17,20H,3-12H2,1-2H3;8H,4-7H2,1-3H3/t13-,14+,15+,16+,17+,18+,19+;/m1./s1. The maximum atomic E-state index is 10.0. The van der Waals surface area contributed by atoms with Crippen molar-refractivity contribution >= 4 is 0 Å². The van der Waals surface area contributed by atoms with Crippen LogP contribution in [0.4, 0.5) is 0 Å². The van der Waals surface area contributed by atoms with Gasteiger partial charge in [0.25, 0.3) is 0 Å². The molecule has 4 aliphatic rings. The summed E-state index contributed by atoms with van der Waals surface area (Å²) in [7, 11) is 0. The van der Waals surface area contributed by atoms with E-state index in [4.69, 9.17) is 0 Å². The predicted molar refractivity (Wildman–Crippen MR) is 121 cm³/mol. The van der Waals surface area contributed by atoms with E-state index in [1.807, 2.05) is 0 Å². The predicted octanol–water partition coefficient (Wildman–Crippen LogP) is 8.00. The average Bonchev–Trinajstić information content (AvgIpc) is 3.05. The number of rotatable bonds is 4. The van der Waals surface area contributed by atoms with Crippen molar-refractivity contribution in [1.82, 2.24) is 0 Å². The van der Waals surface area contributed by atoms with E-state index in [2.05, 4.69) is 34.6 Å². The van der Waals surface area contributed by atoms with E-state index in [0.717, 1.165) is 42.4 Å². The number of unbranched alkanes of at least 4 members (excludes halogenated alkanes) is 2. The van der Waals surface area contributed by atoms with Crippen molar-refractivity contribution in [3.63, 3.8) is 0 Å². The van der Waals surface area contributed by atoms with Gasteiger partial charge in [-0.05, 0) is 98.2 Å². The maximum absolute atomic E-state index is 10.0. The van der Waals surface area contributed by atoms with Gasteiger partial charge in [-0.2, -0.15) is 0 Å². The SMILES string of the molecule is CCCCCC(C)C.C[C@@]12CCC[C@H]1[C@@H]1CC[C@@H]3C[C@@H](O)CC[C@]3(C)[C@H]1CC2. The fourth-order valence-corrected chi connectivity index (χ4v) is 8.03. The van der Waals surface area contributed by atoms with Crippen molar-refractivity contribution < 1.29 is 5.11 Å². The Morgan fingerprint density at radius 3 is 2.39 bits per heavy atom. The van der Waals surface area contributed by atoms with Crippen molar-refractivity contribution in [2.45, 2.75) is 131 Å². The van der Waals surface area contributed by atoms with Crippen LogP contribution in [0.1, 0.15) is 125 Å². The van der Waals surface area contributed by atoms with Crippen molar-refractivity contribution in [2.75, 3.05) is 0 Å². The number of aliphatic hydroxyl groups excluding tert-OH is 1. The molecule has 0 saturated heterocycles. The molecule has 7 atom stereocenters. The molecule has 164 valence electrons. The molecule has 0 aromatic heterocycles. The summed E-state index contributed by atoms with van der Waals surface area (Å²) in [6.45, 7) is 12.0. The van der Waals surface area contributed by atoms with Gasteiger partial charge in [-0.15, -0.1) is 0 Å². The Kier molecular flexibility index (Phi) is 7.60. The smallest absolute Gasteiger partial charge is 0.0543 e. The molecule has 0 bridgehead atoms. The molecule has 1 heteroatoms. The monoisotopic (exact) mass is 390 g/mol. The number of hydrogen-bond donors (Lipinski definition) is 1. The first-order valence-corrected chi connectivity index (χ1v) is 13.0. The average molecular weight is 391 g/mol. The molecule has 1 nitrogen and oxygen atoms in total. The zero-order valence-electron chi connectivity index (χ0n) is 19.8. The van der Waals surface area contributed by atoms with Gasteiger partial charge in [0.15, 0.2) is 0 Å². The summed E-state index contributed by atoms with van der Waals surface area (Å²) in [6.07, 6.45) is 19.4. The molecule has 0 aromatic carbocycles. The minimum absolute atomic E-state index is 0.00459. The van der Waals surface area contributed by atoms with Gasteiger partial charge in [0, 0.05) is 0 Å². The summed E-state index contributed by atoms with van der Waals surface area (Å²) < 4.78 is 0. The molecule has 0 radical (unpaired) electrons. The fourth-order valence-electron chi connectivity index (χ4n) is 8.03. The molecule has 0 aliphatic heterocycles. The summed E-state index contributed by atoms with van der Waals surface area (Å²) in [4.78, 5) is 0. The van der Waals surface area contributed by atoms with Crippen LogP contribution in [0.5, 0.6) is 0 Å². The van der Waals surface area contributed by atoms with E-state index in [1.165, 1.54) is 77.0 Å². The minimum atomic E-state index is 0.00459. The zero-order chi connectivity index (χ0) is 20.4. The Morgan fingerprint density at radius 2 is 1.68 bits per heavy atom. The summed E-state index contributed by atoms with van der Waals surface area (Å²) in [5.74, 6) is 4.75. The molecule has 0 aromatic rings. The van der Waals surface area contributed by atoms with Crippen LogP contribution in [0.15, 0.2) is 0 Å². The Morgan fingerprint density at radius 1 is 0.893 bits per heavy atom. The topological polar surface area (TPSA) is 20.2 Å². The van der Waals surface area contributed by atoms with Crippen LogP contribution in [-0.4, -0.2) is 11.2 Å². The van der Waals surface area contributed by atoms with E-state index in [0.29, 0.717) is 10.8 Å². The number of fused-ring (bicyclic) bond motifs is 5. The van der Waals surface area contributed by atoms with Gasteiger partial charge in [0.05, 0.1) is 6.10 Å². The molecule has 0 amide bonds. The maximum Gasteiger partial charge on any atom is 0.0543 e. The van der Waals surface area contributed by atoms with E-state index < -0.39 is 0 Å². The highest BCUT2D eigenvalue weighted by Gasteiger charge is 2.57. The van der Waals surface area contributed by atoms with Crippen LogP contribution in [0.2, 0.25) is 0 Å². The third kappa shape index (κ3) is 4.65. The van der Waals surface area contributed by atoms with Gasteiger partial charge in [-0.3, -0.25) is 0 Å². The van der Waals surface area contributed by atoms with Crippen LogP contribution in [0, 0.1) is 40.4 Å². The molecule has 0 heterocycles. The quantitative estimate of drug-likeness (QED) is 0.482. The summed E-state index contributed by atoms with van der Waals surface area (Å²) in [6, 6.07) is 0. The second-order valence-corrected chi connectivity index (χ2v) is 12.1. The van der Waals surface area contributed by atoms with Crippen molar-refractivity contribution in [3.8, 4) is 0 Å². The normalized spacial score (nSPS) is 44.9. The lowest BCUT2D eigenvalue weighted by molar-refractivity contribution is -0.120. The third-order valence-corrected chi connectivity index (χ3v) is 9.80. The van der Waals surface area contributed by atoms with Crippen molar-refractivity contribution in [1.29, 1.82) is 0 Å². The number of aliphatic hydroxyl groups is 1. The molecular formula is C27H50O. The van der Waals surface area contributed by atoms with Gasteiger partial charge >= 0.3 is 0 Å². The highest BCUT2D eigenvalue weighted by molar-refractivity contribution is 5.07. The molecule has 0 unspecified atom stereocenters. The van der Waals surface area contributed by atoms with E-state index in [-0.39, 0.29) is 6.10 Å². The van der Waals surface area contributed by atoms with Crippen LogP contribution in [0.3, 0.4) is 0 Å². The molecule has 4 rings (SSSR count). The van der Waals surface area contributed by atoms with E-state index in [9.17, 15) is 5.11 Å². The Balaban J connectivity index is 0.000000242. The fraction of sp³-hybridized carbons (Fsp3) is 1.00. The van der Waals surface area contributed by atoms with Crippen LogP contribution in [0.25, 0.3) is 0 Å². The lowest BCUT2D eigenvalue weighted by Gasteiger charge is -2.60. The molecule has 28 heavy (non-hydrogen) atoms. The first kappa shape index (κ1) is 22.6. The van der Waals surface area contributed by atoms with Gasteiger partial charge in [-0.25, -0.2) is 0 Å². The Bertz CT molecular complexity index is 485. The third-order valence-electron chi connectivity index (χ3n) is 9.80. The molecule has 1 N–H and O–H groups in total. The van der Waals surface area contributed by atoms with Gasteiger partial charge in [0.1, 0.15) is 0 Å². The largest absolute Gasteiger partial charge is 0.393 e. The highest BCUT2D eigenvalue weighted by atomic mass is 16.3. The van der Waals surface area contributed by atoms with Crippen molar-refractivity contribution in [3.05, 3.63) is 0 Å². The molecule has 4 saturated carbocycles. The second-order valence-electron chi connectivity index (χ2n) is 12.1. The van der Waals surface area contributed by atoms with E-state index in [1.54, 1.807) is 0 Å². The molecule has 0 spiro atoms. The second kappa shape index (κ2) is 9.40. The van der Waals surface area contributed by atoms with Gasteiger partial charge < -0.3 is 5.11 Å². The van der Waals surface area contributed by atoms with Crippen LogP contribution < -0.4 is 0 Å². The van der Waals surface area contributed by atoms with Crippen molar-refractivity contribution in [2.24, 2.45) is 40.4 Å².